The number of aliphatic carboxylic acids is 1. The summed E-state index contributed by atoms with van der Waals surface area (Å²) in [6.45, 7) is 4.60. The van der Waals surface area contributed by atoms with E-state index in [0.29, 0.717) is 17.8 Å². The van der Waals surface area contributed by atoms with E-state index < -0.39 is 12.0 Å². The number of carboxylic acid groups (broad SMARTS) is 1. The van der Waals surface area contributed by atoms with Crippen LogP contribution in [0.1, 0.15) is 39.9 Å². The van der Waals surface area contributed by atoms with Gasteiger partial charge in [-0.15, -0.1) is 11.3 Å². The Hall–Kier alpha value is -1.36. The highest BCUT2D eigenvalue weighted by molar-refractivity contribution is 7.14. The SMILES string of the molecule is CCc1sc(C(=O)N2CCC[C@@H]2C(=O)O)cc1C. The Morgan fingerprint density at radius 2 is 2.28 bits per heavy atom. The molecule has 0 spiro atoms. The maximum Gasteiger partial charge on any atom is 0.326 e. The zero-order chi connectivity index (χ0) is 13.3. The highest BCUT2D eigenvalue weighted by atomic mass is 32.1. The first kappa shape index (κ1) is 13.1. The molecule has 1 amide bonds. The van der Waals surface area contributed by atoms with Crippen LogP contribution in [0.2, 0.25) is 0 Å². The molecule has 1 atom stereocenters. The number of carbonyl (C=O) groups excluding carboxylic acids is 1. The second-order valence-corrected chi connectivity index (χ2v) is 5.70. The molecule has 1 aromatic rings. The summed E-state index contributed by atoms with van der Waals surface area (Å²) in [7, 11) is 0. The minimum atomic E-state index is -0.898. The van der Waals surface area contributed by atoms with Crippen molar-refractivity contribution < 1.29 is 14.7 Å². The standard InChI is InChI=1S/C13H17NO3S/c1-3-10-8(2)7-11(18-10)12(15)14-6-4-5-9(14)13(16)17/h7,9H,3-6H2,1-2H3,(H,16,17)/t9-/m1/s1. The molecule has 0 aliphatic carbocycles. The lowest BCUT2D eigenvalue weighted by molar-refractivity contribution is -0.141. The lowest BCUT2D eigenvalue weighted by atomic mass is 10.2. The average Bonchev–Trinajstić information content (AvgIpc) is 2.93. The van der Waals surface area contributed by atoms with Crippen molar-refractivity contribution in [3.8, 4) is 0 Å². The van der Waals surface area contributed by atoms with Gasteiger partial charge in [-0.05, 0) is 37.8 Å². The third kappa shape index (κ3) is 2.27. The average molecular weight is 267 g/mol. The van der Waals surface area contributed by atoms with E-state index >= 15 is 0 Å². The first-order chi connectivity index (χ1) is 8.54. The first-order valence-corrected chi connectivity index (χ1v) is 6.99. The molecule has 2 rings (SSSR count). The molecule has 4 nitrogen and oxygen atoms in total. The molecular weight excluding hydrogens is 250 g/mol. The van der Waals surface area contributed by atoms with Crippen LogP contribution in [0.15, 0.2) is 6.07 Å². The van der Waals surface area contributed by atoms with Gasteiger partial charge in [0.05, 0.1) is 4.88 Å². The van der Waals surface area contributed by atoms with E-state index in [0.717, 1.165) is 18.4 Å². The number of hydrogen-bond donors (Lipinski definition) is 1. The first-order valence-electron chi connectivity index (χ1n) is 6.17. The Labute approximate surface area is 110 Å². The topological polar surface area (TPSA) is 57.6 Å². The molecule has 2 heterocycles. The molecule has 1 aliphatic heterocycles. The summed E-state index contributed by atoms with van der Waals surface area (Å²) in [4.78, 5) is 26.8. The number of amides is 1. The molecule has 1 N–H and O–H groups in total. The molecule has 5 heteroatoms. The highest BCUT2D eigenvalue weighted by Crippen LogP contribution is 2.27. The zero-order valence-electron chi connectivity index (χ0n) is 10.6. The molecule has 0 radical (unpaired) electrons. The van der Waals surface area contributed by atoms with Crippen LogP contribution in [0.4, 0.5) is 0 Å². The molecule has 1 fully saturated rings. The summed E-state index contributed by atoms with van der Waals surface area (Å²) in [5, 5.41) is 9.09. The van der Waals surface area contributed by atoms with Gasteiger partial charge in [0.1, 0.15) is 6.04 Å². The van der Waals surface area contributed by atoms with Crippen LogP contribution in [-0.4, -0.2) is 34.5 Å². The van der Waals surface area contributed by atoms with Crippen molar-refractivity contribution in [3.63, 3.8) is 0 Å². The predicted molar refractivity (Wildman–Crippen MR) is 70.1 cm³/mol. The van der Waals surface area contributed by atoms with Crippen molar-refractivity contribution in [1.29, 1.82) is 0 Å². The molecule has 0 saturated carbocycles. The summed E-state index contributed by atoms with van der Waals surface area (Å²) in [6, 6.07) is 1.23. The van der Waals surface area contributed by atoms with E-state index in [-0.39, 0.29) is 5.91 Å². The minimum absolute atomic E-state index is 0.132. The fourth-order valence-electron chi connectivity index (χ4n) is 2.38. The number of thiophene rings is 1. The van der Waals surface area contributed by atoms with Crippen LogP contribution in [0.25, 0.3) is 0 Å². The van der Waals surface area contributed by atoms with Gasteiger partial charge in [0, 0.05) is 11.4 Å². The van der Waals surface area contributed by atoms with Gasteiger partial charge < -0.3 is 10.0 Å². The van der Waals surface area contributed by atoms with Gasteiger partial charge >= 0.3 is 5.97 Å². The van der Waals surface area contributed by atoms with Crippen LogP contribution < -0.4 is 0 Å². The van der Waals surface area contributed by atoms with Gasteiger partial charge in [-0.2, -0.15) is 0 Å². The van der Waals surface area contributed by atoms with Crippen molar-refractivity contribution in [2.75, 3.05) is 6.54 Å². The maximum atomic E-state index is 12.3. The number of carboxylic acids is 1. The predicted octanol–water partition coefficient (Wildman–Crippen LogP) is 2.31. The van der Waals surface area contributed by atoms with E-state index in [1.807, 2.05) is 13.0 Å². The van der Waals surface area contributed by atoms with Crippen LogP contribution in [0.3, 0.4) is 0 Å². The number of hydrogen-bond acceptors (Lipinski definition) is 3. The Balaban J connectivity index is 2.22. The maximum absolute atomic E-state index is 12.3. The lowest BCUT2D eigenvalue weighted by Crippen LogP contribution is -2.40. The van der Waals surface area contributed by atoms with Gasteiger partial charge in [0.25, 0.3) is 5.91 Å². The quantitative estimate of drug-likeness (QED) is 0.914. The molecule has 1 aliphatic rings. The number of carbonyl (C=O) groups is 2. The summed E-state index contributed by atoms with van der Waals surface area (Å²) in [5.41, 5.74) is 1.12. The van der Waals surface area contributed by atoms with Crippen molar-refractivity contribution in [2.24, 2.45) is 0 Å². The smallest absolute Gasteiger partial charge is 0.326 e. The van der Waals surface area contributed by atoms with Crippen LogP contribution in [-0.2, 0) is 11.2 Å². The van der Waals surface area contributed by atoms with E-state index in [1.54, 1.807) is 0 Å². The molecule has 1 aromatic heterocycles. The minimum Gasteiger partial charge on any atom is -0.480 e. The molecule has 0 aromatic carbocycles. The third-order valence-corrected chi connectivity index (χ3v) is 4.72. The van der Waals surface area contributed by atoms with Gasteiger partial charge in [0.2, 0.25) is 0 Å². The normalized spacial score (nSPS) is 19.2. The summed E-state index contributed by atoms with van der Waals surface area (Å²) < 4.78 is 0. The van der Waals surface area contributed by atoms with Gasteiger partial charge in [0.15, 0.2) is 0 Å². The Morgan fingerprint density at radius 1 is 1.56 bits per heavy atom. The molecule has 98 valence electrons. The molecule has 0 bridgehead atoms. The fraction of sp³-hybridized carbons (Fsp3) is 0.538. The van der Waals surface area contributed by atoms with Crippen molar-refractivity contribution >= 4 is 23.2 Å². The highest BCUT2D eigenvalue weighted by Gasteiger charge is 2.35. The van der Waals surface area contributed by atoms with Gasteiger partial charge in [-0.3, -0.25) is 4.79 Å². The van der Waals surface area contributed by atoms with Gasteiger partial charge in [-0.1, -0.05) is 6.92 Å². The van der Waals surface area contributed by atoms with Crippen molar-refractivity contribution in [2.45, 2.75) is 39.2 Å². The third-order valence-electron chi connectivity index (χ3n) is 3.35. The van der Waals surface area contributed by atoms with Crippen LogP contribution in [0.5, 0.6) is 0 Å². The van der Waals surface area contributed by atoms with E-state index in [1.165, 1.54) is 21.1 Å². The van der Waals surface area contributed by atoms with Crippen LogP contribution >= 0.6 is 11.3 Å². The number of nitrogens with zero attached hydrogens (tertiary/aromatic N) is 1. The molecule has 0 unspecified atom stereocenters. The number of likely N-dealkylation sites (tertiary alicyclic amines) is 1. The van der Waals surface area contributed by atoms with Crippen molar-refractivity contribution in [3.05, 3.63) is 21.4 Å². The summed E-state index contributed by atoms with van der Waals surface area (Å²) in [5.74, 6) is -1.03. The molecule has 18 heavy (non-hydrogen) atoms. The lowest BCUT2D eigenvalue weighted by Gasteiger charge is -2.20. The summed E-state index contributed by atoms with van der Waals surface area (Å²) in [6.07, 6.45) is 2.24. The van der Waals surface area contributed by atoms with Crippen LogP contribution in [0, 0.1) is 6.92 Å². The fourth-order valence-corrected chi connectivity index (χ4v) is 3.45. The van der Waals surface area contributed by atoms with Crippen molar-refractivity contribution in [1.82, 2.24) is 4.90 Å². The summed E-state index contributed by atoms with van der Waals surface area (Å²) >= 11 is 1.48. The molecular formula is C13H17NO3S. The molecule has 1 saturated heterocycles. The van der Waals surface area contributed by atoms with E-state index in [9.17, 15) is 9.59 Å². The second kappa shape index (κ2) is 5.10. The Bertz CT molecular complexity index is 481. The van der Waals surface area contributed by atoms with E-state index in [4.69, 9.17) is 5.11 Å². The Morgan fingerprint density at radius 3 is 2.83 bits per heavy atom. The Kier molecular flexibility index (Phi) is 3.71. The zero-order valence-corrected chi connectivity index (χ0v) is 11.4. The van der Waals surface area contributed by atoms with Gasteiger partial charge in [-0.25, -0.2) is 4.79 Å². The second-order valence-electron chi connectivity index (χ2n) is 4.57. The van der Waals surface area contributed by atoms with E-state index in [2.05, 4.69) is 6.92 Å². The number of rotatable bonds is 3. The largest absolute Gasteiger partial charge is 0.480 e. The number of aryl methyl sites for hydroxylation is 2. The monoisotopic (exact) mass is 267 g/mol.